The van der Waals surface area contributed by atoms with Crippen molar-refractivity contribution in [3.8, 4) is 0 Å². The smallest absolute Gasteiger partial charge is 0.352 e. The van der Waals surface area contributed by atoms with Crippen LogP contribution >= 0.6 is 0 Å². The number of carbonyl (C=O) groups excluding carboxylic acids is 2. The fraction of sp³-hybridized carbons (Fsp3) is 0.125. The summed E-state index contributed by atoms with van der Waals surface area (Å²) in [6.45, 7) is 0. The van der Waals surface area contributed by atoms with Gasteiger partial charge in [-0.3, -0.25) is 10.1 Å². The van der Waals surface area contributed by atoms with Crippen LogP contribution in [0.4, 0.5) is 0 Å². The Labute approximate surface area is 131 Å². The number of hydrogen-bond acceptors (Lipinski definition) is 6. The first kappa shape index (κ1) is 14.7. The molecule has 0 fully saturated rings. The Morgan fingerprint density at radius 2 is 2.04 bits per heavy atom. The number of carbonyl (C=O) groups is 2. The number of pyridine rings is 1. The molecule has 1 N–H and O–H groups in total. The van der Waals surface area contributed by atoms with E-state index in [2.05, 4.69) is 15.2 Å². The standard InChI is InChI=1S/C16H13N3O4/c1-22-16(21)14(11-5-3-7-17-8-11)23-15(20)12-6-2-4-10-9-18-19-13(10)12/h2-9,14H,1H3,(H,18,19). The maximum Gasteiger partial charge on any atom is 0.352 e. The van der Waals surface area contributed by atoms with Gasteiger partial charge in [0.15, 0.2) is 0 Å². The Bertz CT molecular complexity index is 845. The molecule has 7 nitrogen and oxygen atoms in total. The third-order valence-electron chi connectivity index (χ3n) is 3.32. The molecule has 0 aliphatic rings. The predicted octanol–water partition coefficient (Wildman–Crippen LogP) is 2.03. The zero-order chi connectivity index (χ0) is 16.2. The van der Waals surface area contributed by atoms with Crippen molar-refractivity contribution in [3.63, 3.8) is 0 Å². The van der Waals surface area contributed by atoms with Crippen LogP contribution in [0.1, 0.15) is 22.0 Å². The van der Waals surface area contributed by atoms with E-state index in [1.807, 2.05) is 6.07 Å². The molecule has 0 spiro atoms. The summed E-state index contributed by atoms with van der Waals surface area (Å²) >= 11 is 0. The number of esters is 2. The Hall–Kier alpha value is -3.22. The molecular formula is C16H13N3O4. The van der Waals surface area contributed by atoms with E-state index in [-0.39, 0.29) is 5.56 Å². The van der Waals surface area contributed by atoms with Crippen LogP contribution in [0, 0.1) is 0 Å². The SMILES string of the molecule is COC(=O)C(OC(=O)c1cccc2cn[nH]c12)c1cccnc1. The van der Waals surface area contributed by atoms with E-state index in [0.717, 1.165) is 5.39 Å². The molecule has 0 aliphatic carbocycles. The molecule has 0 amide bonds. The highest BCUT2D eigenvalue weighted by molar-refractivity contribution is 6.03. The monoisotopic (exact) mass is 311 g/mol. The van der Waals surface area contributed by atoms with E-state index < -0.39 is 18.0 Å². The highest BCUT2D eigenvalue weighted by atomic mass is 16.6. The maximum absolute atomic E-state index is 12.5. The van der Waals surface area contributed by atoms with E-state index >= 15 is 0 Å². The van der Waals surface area contributed by atoms with Crippen LogP contribution in [-0.2, 0) is 14.3 Å². The van der Waals surface area contributed by atoms with Crippen molar-refractivity contribution in [2.45, 2.75) is 6.10 Å². The molecule has 0 aliphatic heterocycles. The molecule has 0 radical (unpaired) electrons. The Morgan fingerprint density at radius 1 is 1.17 bits per heavy atom. The summed E-state index contributed by atoms with van der Waals surface area (Å²) in [6.07, 6.45) is 3.43. The molecule has 0 bridgehead atoms. The first-order valence-electron chi connectivity index (χ1n) is 6.81. The van der Waals surface area contributed by atoms with Gasteiger partial charge in [-0.15, -0.1) is 0 Å². The van der Waals surface area contributed by atoms with Gasteiger partial charge in [-0.05, 0) is 12.1 Å². The van der Waals surface area contributed by atoms with E-state index in [1.54, 1.807) is 36.7 Å². The lowest BCUT2D eigenvalue weighted by Gasteiger charge is -2.15. The topological polar surface area (TPSA) is 94.2 Å². The van der Waals surface area contributed by atoms with Crippen LogP contribution in [-0.4, -0.2) is 34.2 Å². The molecule has 2 heterocycles. The van der Waals surface area contributed by atoms with Crippen LogP contribution in [0.25, 0.3) is 10.9 Å². The lowest BCUT2D eigenvalue weighted by atomic mass is 10.1. The Kier molecular flexibility index (Phi) is 4.01. The van der Waals surface area contributed by atoms with E-state index in [4.69, 9.17) is 9.47 Å². The van der Waals surface area contributed by atoms with Crippen LogP contribution in [0.5, 0.6) is 0 Å². The second-order valence-corrected chi connectivity index (χ2v) is 4.73. The molecule has 23 heavy (non-hydrogen) atoms. The number of nitrogens with one attached hydrogen (secondary N) is 1. The second-order valence-electron chi connectivity index (χ2n) is 4.73. The fourth-order valence-corrected chi connectivity index (χ4v) is 2.20. The van der Waals surface area contributed by atoms with Gasteiger partial charge >= 0.3 is 11.9 Å². The van der Waals surface area contributed by atoms with Crippen LogP contribution < -0.4 is 0 Å². The van der Waals surface area contributed by atoms with Gasteiger partial charge in [-0.2, -0.15) is 5.10 Å². The highest BCUT2D eigenvalue weighted by Crippen LogP contribution is 2.22. The average molecular weight is 311 g/mol. The Balaban J connectivity index is 1.92. The van der Waals surface area contributed by atoms with Crippen molar-refractivity contribution in [1.82, 2.24) is 15.2 Å². The van der Waals surface area contributed by atoms with Gasteiger partial charge < -0.3 is 9.47 Å². The van der Waals surface area contributed by atoms with E-state index in [9.17, 15) is 9.59 Å². The first-order valence-corrected chi connectivity index (χ1v) is 6.81. The van der Waals surface area contributed by atoms with Gasteiger partial charge in [0.2, 0.25) is 6.10 Å². The largest absolute Gasteiger partial charge is 0.466 e. The minimum absolute atomic E-state index is 0.290. The fourth-order valence-electron chi connectivity index (χ4n) is 2.20. The molecular weight excluding hydrogens is 298 g/mol. The number of nitrogens with zero attached hydrogens (tertiary/aromatic N) is 2. The molecule has 3 aromatic rings. The van der Waals surface area contributed by atoms with Crippen LogP contribution in [0.15, 0.2) is 48.9 Å². The number of methoxy groups -OCH3 is 1. The molecule has 2 aromatic heterocycles. The average Bonchev–Trinajstić information content (AvgIpc) is 3.08. The van der Waals surface area contributed by atoms with Gasteiger partial charge in [0.05, 0.1) is 24.4 Å². The van der Waals surface area contributed by atoms with Crippen molar-refractivity contribution < 1.29 is 19.1 Å². The van der Waals surface area contributed by atoms with Gasteiger partial charge in [0.1, 0.15) is 0 Å². The van der Waals surface area contributed by atoms with Gasteiger partial charge in [0, 0.05) is 23.3 Å². The minimum atomic E-state index is -1.18. The normalized spacial score (nSPS) is 11.9. The number of aromatic nitrogens is 3. The summed E-state index contributed by atoms with van der Waals surface area (Å²) in [5.74, 6) is -1.33. The molecule has 1 aromatic carbocycles. The van der Waals surface area contributed by atoms with Crippen molar-refractivity contribution >= 4 is 22.8 Å². The van der Waals surface area contributed by atoms with Crippen LogP contribution in [0.3, 0.4) is 0 Å². The summed E-state index contributed by atoms with van der Waals surface area (Å²) in [5, 5.41) is 7.42. The van der Waals surface area contributed by atoms with E-state index in [1.165, 1.54) is 13.3 Å². The summed E-state index contributed by atoms with van der Waals surface area (Å²) < 4.78 is 10.1. The van der Waals surface area contributed by atoms with Gasteiger partial charge in [0.25, 0.3) is 0 Å². The van der Waals surface area contributed by atoms with Crippen molar-refractivity contribution in [2.75, 3.05) is 7.11 Å². The van der Waals surface area contributed by atoms with Crippen molar-refractivity contribution in [1.29, 1.82) is 0 Å². The number of ether oxygens (including phenoxy) is 2. The summed E-state index contributed by atoms with van der Waals surface area (Å²) in [4.78, 5) is 28.3. The maximum atomic E-state index is 12.5. The van der Waals surface area contributed by atoms with E-state index in [0.29, 0.717) is 11.1 Å². The number of aromatic amines is 1. The number of para-hydroxylation sites is 1. The quantitative estimate of drug-likeness (QED) is 0.741. The van der Waals surface area contributed by atoms with Crippen molar-refractivity contribution in [3.05, 3.63) is 60.0 Å². The number of rotatable bonds is 4. The number of fused-ring (bicyclic) bond motifs is 1. The van der Waals surface area contributed by atoms with Gasteiger partial charge in [-0.1, -0.05) is 18.2 Å². The van der Waals surface area contributed by atoms with Crippen LogP contribution in [0.2, 0.25) is 0 Å². The summed E-state index contributed by atoms with van der Waals surface area (Å²) in [6, 6.07) is 8.41. The zero-order valence-electron chi connectivity index (χ0n) is 12.2. The molecule has 3 rings (SSSR count). The Morgan fingerprint density at radius 3 is 2.78 bits per heavy atom. The second kappa shape index (κ2) is 6.27. The van der Waals surface area contributed by atoms with Crippen molar-refractivity contribution in [2.24, 2.45) is 0 Å². The predicted molar refractivity (Wildman–Crippen MR) is 80.5 cm³/mol. The molecule has 1 atom stereocenters. The molecule has 1 unspecified atom stereocenters. The highest BCUT2D eigenvalue weighted by Gasteiger charge is 2.27. The summed E-state index contributed by atoms with van der Waals surface area (Å²) in [7, 11) is 1.23. The summed E-state index contributed by atoms with van der Waals surface area (Å²) in [5.41, 5.74) is 1.27. The lowest BCUT2D eigenvalue weighted by molar-refractivity contribution is -0.151. The molecule has 116 valence electrons. The third-order valence-corrected chi connectivity index (χ3v) is 3.32. The van der Waals surface area contributed by atoms with Gasteiger partial charge in [-0.25, -0.2) is 9.59 Å². The molecule has 0 saturated carbocycles. The molecule has 0 saturated heterocycles. The third kappa shape index (κ3) is 2.89. The first-order chi connectivity index (χ1) is 11.2. The lowest BCUT2D eigenvalue weighted by Crippen LogP contribution is -2.21. The molecule has 7 heteroatoms. The number of hydrogen-bond donors (Lipinski definition) is 1. The number of benzene rings is 1. The number of H-pyrrole nitrogens is 1. The zero-order valence-corrected chi connectivity index (χ0v) is 12.2. The minimum Gasteiger partial charge on any atom is -0.466 e.